The van der Waals surface area contributed by atoms with Crippen molar-refractivity contribution in [2.45, 2.75) is 0 Å². The van der Waals surface area contributed by atoms with Crippen molar-refractivity contribution in [2.24, 2.45) is 0 Å². The van der Waals surface area contributed by atoms with Gasteiger partial charge in [-0.05, 0) is 0 Å². The molecule has 0 aliphatic heterocycles. The fourth-order valence-electron chi connectivity index (χ4n) is 2.91. The normalized spacial score (nSPS) is 10.7. The molecule has 0 fully saturated rings. The van der Waals surface area contributed by atoms with Gasteiger partial charge in [0.25, 0.3) is 0 Å². The summed E-state index contributed by atoms with van der Waals surface area (Å²) in [5.74, 6) is 1.70. The number of ether oxygens (including phenoxy) is 2. The van der Waals surface area contributed by atoms with E-state index in [9.17, 15) is 0 Å². The van der Waals surface area contributed by atoms with Gasteiger partial charge < -0.3 is 0 Å². The number of benzene rings is 3. The van der Waals surface area contributed by atoms with Gasteiger partial charge in [0.1, 0.15) is 0 Å². The molecule has 0 bridgehead atoms. The third-order valence-corrected chi connectivity index (χ3v) is 6.57. The fraction of sp³-hybridized carbons (Fsp3) is 0.0870. The Hall–Kier alpha value is -2.81. The molecular weight excluding hydrogens is 401 g/mol. The number of nitrogens with zero attached hydrogens (tertiary/aromatic N) is 1. The summed E-state index contributed by atoms with van der Waals surface area (Å²) in [6.07, 6.45) is 0. The first-order valence-electron chi connectivity index (χ1n) is 8.63. The molecule has 27 heavy (non-hydrogen) atoms. The maximum atomic E-state index is 5.43. The van der Waals surface area contributed by atoms with Crippen molar-refractivity contribution in [2.75, 3.05) is 14.2 Å². The van der Waals surface area contributed by atoms with Crippen molar-refractivity contribution in [3.8, 4) is 22.8 Å². The Balaban J connectivity index is 1.85. The monoisotopic (exact) mass is 421 g/mol. The Bertz CT molecular complexity index is 1060. The molecule has 134 valence electrons. The summed E-state index contributed by atoms with van der Waals surface area (Å²) in [5, 5.41) is 1.15. The third-order valence-electron chi connectivity index (χ3n) is 4.33. The van der Waals surface area contributed by atoms with E-state index in [1.807, 2.05) is 24.3 Å². The molecule has 4 heteroatoms. The van der Waals surface area contributed by atoms with Crippen LogP contribution in [0.3, 0.4) is 0 Å². The van der Waals surface area contributed by atoms with E-state index in [1.54, 1.807) is 14.2 Å². The number of hydrogen-bond donors (Lipinski definition) is 0. The Morgan fingerprint density at radius 2 is 1.44 bits per heavy atom. The average molecular weight is 420 g/mol. The molecule has 0 N–H and O–H groups in total. The molecule has 0 saturated carbocycles. The summed E-state index contributed by atoms with van der Waals surface area (Å²) in [6, 6.07) is 26.9. The van der Waals surface area contributed by atoms with Gasteiger partial charge in [0.2, 0.25) is 0 Å². The summed E-state index contributed by atoms with van der Waals surface area (Å²) in [6.45, 7) is 0. The second-order valence-corrected chi connectivity index (χ2v) is 8.37. The topological polar surface area (TPSA) is 31.4 Å². The first-order chi connectivity index (χ1) is 13.3. The molecule has 0 aliphatic carbocycles. The minimum absolute atomic E-state index is 0.177. The van der Waals surface area contributed by atoms with E-state index in [-0.39, 0.29) is 15.0 Å². The van der Waals surface area contributed by atoms with Gasteiger partial charge in [-0.3, -0.25) is 0 Å². The van der Waals surface area contributed by atoms with Crippen LogP contribution in [0.2, 0.25) is 0 Å². The minimum atomic E-state index is 0.177. The zero-order valence-corrected chi connectivity index (χ0v) is 16.9. The van der Waals surface area contributed by atoms with Gasteiger partial charge in [-0.1, -0.05) is 0 Å². The van der Waals surface area contributed by atoms with Crippen LogP contribution in [0.5, 0.6) is 11.5 Å². The second kappa shape index (κ2) is 7.83. The van der Waals surface area contributed by atoms with Gasteiger partial charge >= 0.3 is 165 Å². The quantitative estimate of drug-likeness (QED) is 0.463. The molecule has 0 radical (unpaired) electrons. The van der Waals surface area contributed by atoms with Crippen LogP contribution in [0.15, 0.2) is 78.9 Å². The van der Waals surface area contributed by atoms with E-state index in [0.29, 0.717) is 0 Å². The van der Waals surface area contributed by atoms with Gasteiger partial charge in [-0.15, -0.1) is 0 Å². The summed E-state index contributed by atoms with van der Waals surface area (Å²) in [4.78, 5) is 4.89. The van der Waals surface area contributed by atoms with E-state index in [0.717, 1.165) is 33.7 Å². The fourth-order valence-corrected chi connectivity index (χ4v) is 4.99. The van der Waals surface area contributed by atoms with E-state index in [4.69, 9.17) is 14.5 Å². The van der Waals surface area contributed by atoms with Crippen molar-refractivity contribution < 1.29 is 9.47 Å². The van der Waals surface area contributed by atoms with E-state index < -0.39 is 0 Å². The summed E-state index contributed by atoms with van der Waals surface area (Å²) >= 11 is 0.177. The van der Waals surface area contributed by atoms with Crippen molar-refractivity contribution in [1.29, 1.82) is 0 Å². The van der Waals surface area contributed by atoms with Crippen LogP contribution < -0.4 is 18.4 Å². The number of fused-ring (bicyclic) bond motifs is 1. The molecule has 0 amide bonds. The van der Waals surface area contributed by atoms with Gasteiger partial charge in [0, 0.05) is 0 Å². The van der Waals surface area contributed by atoms with E-state index in [2.05, 4.69) is 54.6 Å². The van der Waals surface area contributed by atoms with Crippen molar-refractivity contribution in [1.82, 2.24) is 4.98 Å². The number of rotatable bonds is 5. The van der Waals surface area contributed by atoms with Crippen LogP contribution in [0.25, 0.3) is 22.2 Å². The summed E-state index contributed by atoms with van der Waals surface area (Å²) < 4.78 is 13.3. The molecule has 0 aliphatic rings. The van der Waals surface area contributed by atoms with Gasteiger partial charge in [0.15, 0.2) is 0 Å². The van der Waals surface area contributed by atoms with Crippen LogP contribution in [0.1, 0.15) is 0 Å². The molecule has 1 aromatic heterocycles. The maximum absolute atomic E-state index is 5.43. The SMILES string of the molecule is COc1ccc(-c2cc([Se]c3ccccc3)c3cc(OC)ccc3n2)cc1. The Kier molecular flexibility index (Phi) is 5.10. The van der Waals surface area contributed by atoms with E-state index >= 15 is 0 Å². The molecule has 0 saturated heterocycles. The van der Waals surface area contributed by atoms with Crippen LogP contribution in [0, 0.1) is 0 Å². The number of pyridine rings is 1. The molecule has 3 aromatic carbocycles. The molecular formula is C23H19NO2Se. The Labute approximate surface area is 165 Å². The van der Waals surface area contributed by atoms with Crippen molar-refractivity contribution in [3.05, 3.63) is 78.9 Å². The predicted octanol–water partition coefficient (Wildman–Crippen LogP) is 3.57. The van der Waals surface area contributed by atoms with Crippen LogP contribution in [-0.2, 0) is 0 Å². The molecule has 4 aromatic rings. The number of hydrogen-bond acceptors (Lipinski definition) is 3. The third kappa shape index (κ3) is 3.82. The molecule has 3 nitrogen and oxygen atoms in total. The first kappa shape index (κ1) is 17.6. The predicted molar refractivity (Wildman–Crippen MR) is 112 cm³/mol. The average Bonchev–Trinajstić information content (AvgIpc) is 2.74. The van der Waals surface area contributed by atoms with Crippen LogP contribution >= 0.6 is 0 Å². The Morgan fingerprint density at radius 1 is 0.741 bits per heavy atom. The molecule has 0 spiro atoms. The standard InChI is InChI=1S/C23H19NO2Se/c1-25-17-10-8-16(9-11-17)22-15-23(27-19-6-4-3-5-7-19)20-14-18(26-2)12-13-21(20)24-22/h3-15H,1-2H3. The molecule has 0 atom stereocenters. The van der Waals surface area contributed by atoms with Crippen LogP contribution in [-0.4, -0.2) is 34.2 Å². The van der Waals surface area contributed by atoms with Crippen molar-refractivity contribution >= 4 is 34.8 Å². The van der Waals surface area contributed by atoms with Gasteiger partial charge in [-0.2, -0.15) is 0 Å². The van der Waals surface area contributed by atoms with Gasteiger partial charge in [0.05, 0.1) is 0 Å². The summed E-state index contributed by atoms with van der Waals surface area (Å²) in [5.41, 5.74) is 3.04. The Morgan fingerprint density at radius 3 is 2.15 bits per heavy atom. The van der Waals surface area contributed by atoms with E-state index in [1.165, 1.54) is 8.92 Å². The summed E-state index contributed by atoms with van der Waals surface area (Å²) in [7, 11) is 3.37. The number of aromatic nitrogens is 1. The van der Waals surface area contributed by atoms with Crippen LogP contribution in [0.4, 0.5) is 0 Å². The molecule has 1 heterocycles. The zero-order chi connectivity index (χ0) is 18.6. The molecule has 0 unspecified atom stereocenters. The first-order valence-corrected chi connectivity index (χ1v) is 10.3. The number of methoxy groups -OCH3 is 2. The van der Waals surface area contributed by atoms with Crippen molar-refractivity contribution in [3.63, 3.8) is 0 Å². The molecule has 4 rings (SSSR count). The van der Waals surface area contributed by atoms with Gasteiger partial charge in [-0.25, -0.2) is 0 Å². The second-order valence-electron chi connectivity index (χ2n) is 6.03. The zero-order valence-electron chi connectivity index (χ0n) is 15.2.